The van der Waals surface area contributed by atoms with Crippen molar-refractivity contribution in [2.75, 3.05) is 43.9 Å². The number of anilines is 1. The van der Waals surface area contributed by atoms with Crippen LogP contribution in [0.25, 0.3) is 10.9 Å². The average molecular weight is 515 g/mol. The van der Waals surface area contributed by atoms with Gasteiger partial charge in [0.05, 0.1) is 23.7 Å². The Morgan fingerprint density at radius 1 is 1.11 bits per heavy atom. The smallest absolute Gasteiger partial charge is 0.379 e. The van der Waals surface area contributed by atoms with Crippen molar-refractivity contribution < 1.29 is 26.7 Å². The molecule has 1 N–H and O–H groups in total. The molecule has 3 aromatic rings. The van der Waals surface area contributed by atoms with Crippen molar-refractivity contribution in [1.29, 1.82) is 0 Å². The number of piperazine rings is 1. The number of aromatic nitrogens is 2. The molecule has 6 nitrogen and oxygen atoms in total. The molecule has 35 heavy (non-hydrogen) atoms. The second kappa shape index (κ2) is 9.07. The van der Waals surface area contributed by atoms with Crippen LogP contribution in [0.15, 0.2) is 44.9 Å². The van der Waals surface area contributed by atoms with E-state index in [-0.39, 0.29) is 33.3 Å². The highest BCUT2D eigenvalue weighted by atomic mass is 32.2. The van der Waals surface area contributed by atoms with E-state index in [1.165, 1.54) is 17.7 Å². The van der Waals surface area contributed by atoms with Gasteiger partial charge in [-0.1, -0.05) is 0 Å². The van der Waals surface area contributed by atoms with Gasteiger partial charge in [-0.15, -0.1) is 0 Å². The first kappa shape index (κ1) is 24.0. The Hall–Kier alpha value is -2.70. The van der Waals surface area contributed by atoms with Gasteiger partial charge in [-0.25, -0.2) is 13.6 Å². The Labute approximate surface area is 200 Å². The van der Waals surface area contributed by atoms with Crippen molar-refractivity contribution in [3.63, 3.8) is 0 Å². The minimum absolute atomic E-state index is 0.0562. The molecule has 1 saturated heterocycles. The molecule has 0 aliphatic carbocycles. The lowest BCUT2D eigenvalue weighted by atomic mass is 10.1. The molecule has 3 heterocycles. The van der Waals surface area contributed by atoms with E-state index >= 15 is 0 Å². The average Bonchev–Trinajstić information content (AvgIpc) is 2.99. The van der Waals surface area contributed by atoms with E-state index in [0.29, 0.717) is 31.7 Å². The van der Waals surface area contributed by atoms with Crippen LogP contribution in [0, 0.1) is 11.6 Å². The van der Waals surface area contributed by atoms with Gasteiger partial charge in [0.1, 0.15) is 17.5 Å². The summed E-state index contributed by atoms with van der Waals surface area (Å²) >= 11 is 0. The Morgan fingerprint density at radius 2 is 1.86 bits per heavy atom. The fourth-order valence-electron chi connectivity index (χ4n) is 4.68. The van der Waals surface area contributed by atoms with Crippen molar-refractivity contribution in [3.8, 4) is 0 Å². The predicted octanol–water partition coefficient (Wildman–Crippen LogP) is 3.55. The molecule has 1 aromatic heterocycles. The molecule has 0 saturated carbocycles. The summed E-state index contributed by atoms with van der Waals surface area (Å²) in [6.07, 6.45) is -5.26. The van der Waals surface area contributed by atoms with Gasteiger partial charge in [0, 0.05) is 60.3 Å². The lowest BCUT2D eigenvalue weighted by Crippen LogP contribution is -2.45. The summed E-state index contributed by atoms with van der Waals surface area (Å²) in [5, 5.41) is 3.36. The molecule has 2 atom stereocenters. The molecule has 5 rings (SSSR count). The minimum atomic E-state index is -4.68. The molecule has 0 spiro atoms. The van der Waals surface area contributed by atoms with Crippen LogP contribution in [0.1, 0.15) is 5.56 Å². The van der Waals surface area contributed by atoms with Crippen LogP contribution in [0.5, 0.6) is 0 Å². The van der Waals surface area contributed by atoms with Gasteiger partial charge in [-0.05, 0) is 24.3 Å². The molecule has 2 aromatic carbocycles. The third-order valence-electron chi connectivity index (χ3n) is 6.37. The summed E-state index contributed by atoms with van der Waals surface area (Å²) in [4.78, 5) is 19.5. The quantitative estimate of drug-likeness (QED) is 0.414. The maximum Gasteiger partial charge on any atom is 0.416 e. The molecule has 2 aliphatic heterocycles. The molecule has 0 radical (unpaired) electrons. The lowest BCUT2D eigenvalue weighted by molar-refractivity contribution is -0.137. The van der Waals surface area contributed by atoms with Gasteiger partial charge in [0.15, 0.2) is 0 Å². The SMILES string of the molecule is COC1Cn2c(=O)nc(N3CCNCC3)c3cc(C(F)(F)F)cc(c32)[SH](c2ccc(F)cc2F)C1. The third-order valence-corrected chi connectivity index (χ3v) is 9.01. The number of nitrogens with zero attached hydrogens (tertiary/aromatic N) is 3. The summed E-state index contributed by atoms with van der Waals surface area (Å²) in [6, 6.07) is 5.08. The molecular weight excluding hydrogens is 491 g/mol. The van der Waals surface area contributed by atoms with E-state index in [2.05, 4.69) is 10.3 Å². The number of hydrogen-bond donors (Lipinski definition) is 2. The summed E-state index contributed by atoms with van der Waals surface area (Å²) < 4.78 is 77.7. The lowest BCUT2D eigenvalue weighted by Gasteiger charge is -2.30. The Bertz CT molecular complexity index is 1340. The molecule has 0 bridgehead atoms. The van der Waals surface area contributed by atoms with Gasteiger partial charge in [0.25, 0.3) is 0 Å². The third kappa shape index (κ3) is 4.38. The zero-order valence-corrected chi connectivity index (χ0v) is 19.6. The highest BCUT2D eigenvalue weighted by Crippen LogP contribution is 2.52. The highest BCUT2D eigenvalue weighted by Gasteiger charge is 2.36. The van der Waals surface area contributed by atoms with E-state index in [1.54, 1.807) is 4.90 Å². The van der Waals surface area contributed by atoms with Crippen LogP contribution in [0.3, 0.4) is 0 Å². The molecule has 2 aliphatic rings. The first-order chi connectivity index (χ1) is 16.7. The number of rotatable bonds is 3. The number of alkyl halides is 3. The topological polar surface area (TPSA) is 59.4 Å². The number of hydrogen-bond acceptors (Lipinski definition) is 5. The van der Waals surface area contributed by atoms with Gasteiger partial charge in [0.2, 0.25) is 0 Å². The second-order valence-corrected chi connectivity index (χ2v) is 10.7. The van der Waals surface area contributed by atoms with E-state index in [9.17, 15) is 26.7 Å². The zero-order chi connectivity index (χ0) is 24.9. The minimum Gasteiger partial charge on any atom is -0.379 e. The number of thiol groups is 1. The maximum atomic E-state index is 15.0. The van der Waals surface area contributed by atoms with Crippen LogP contribution in [-0.2, 0) is 17.5 Å². The normalized spacial score (nSPS) is 21.8. The number of nitrogens with one attached hydrogen (secondary N) is 1. The molecular formula is C23H23F5N4O2S. The van der Waals surface area contributed by atoms with E-state index in [4.69, 9.17) is 4.74 Å². The van der Waals surface area contributed by atoms with E-state index in [1.807, 2.05) is 0 Å². The molecule has 2 unspecified atom stereocenters. The Morgan fingerprint density at radius 3 is 2.51 bits per heavy atom. The Balaban J connectivity index is 1.87. The van der Waals surface area contributed by atoms with Crippen molar-refractivity contribution in [3.05, 3.63) is 58.0 Å². The van der Waals surface area contributed by atoms with Gasteiger partial charge in [-0.2, -0.15) is 29.1 Å². The first-order valence-corrected chi connectivity index (χ1v) is 12.6. The molecule has 0 amide bonds. The monoisotopic (exact) mass is 514 g/mol. The largest absolute Gasteiger partial charge is 0.416 e. The molecule has 1 fully saturated rings. The Kier molecular flexibility index (Phi) is 6.22. The predicted molar refractivity (Wildman–Crippen MR) is 124 cm³/mol. The van der Waals surface area contributed by atoms with Crippen LogP contribution >= 0.6 is 10.9 Å². The molecule has 188 valence electrons. The number of ether oxygens (including phenoxy) is 1. The van der Waals surface area contributed by atoms with E-state index in [0.717, 1.165) is 24.3 Å². The van der Waals surface area contributed by atoms with Crippen LogP contribution in [0.2, 0.25) is 0 Å². The fraction of sp³-hybridized carbons (Fsp3) is 0.391. The van der Waals surface area contributed by atoms with Crippen molar-refractivity contribution in [2.45, 2.75) is 28.6 Å². The standard InChI is InChI=1S/C23H23F5N4O2S/c1-34-15-11-32-20-16(21(30-22(32)33)31-6-4-29-5-7-31)8-13(23(26,27)28)9-19(20)35(12-15)18-3-2-14(24)10-17(18)25/h2-3,8-10,15,29,35H,4-7,11-12H2,1H3. The summed E-state index contributed by atoms with van der Waals surface area (Å²) in [6.45, 7) is 2.19. The summed E-state index contributed by atoms with van der Waals surface area (Å²) in [5.74, 6) is -1.28. The molecule has 12 heteroatoms. The summed E-state index contributed by atoms with van der Waals surface area (Å²) in [5.41, 5.74) is -1.22. The van der Waals surface area contributed by atoms with Crippen LogP contribution < -0.4 is 15.9 Å². The zero-order valence-electron chi connectivity index (χ0n) is 18.7. The van der Waals surface area contributed by atoms with Crippen molar-refractivity contribution in [2.24, 2.45) is 0 Å². The van der Waals surface area contributed by atoms with E-state index < -0.39 is 46.1 Å². The number of benzene rings is 2. The van der Waals surface area contributed by atoms with Crippen molar-refractivity contribution in [1.82, 2.24) is 14.9 Å². The second-order valence-electron chi connectivity index (χ2n) is 8.52. The fourth-order valence-corrected chi connectivity index (χ4v) is 7.37. The number of halogens is 5. The summed E-state index contributed by atoms with van der Waals surface area (Å²) in [7, 11) is -0.336. The van der Waals surface area contributed by atoms with Crippen molar-refractivity contribution >= 4 is 27.6 Å². The first-order valence-electron chi connectivity index (χ1n) is 11.0. The maximum absolute atomic E-state index is 15.0. The van der Waals surface area contributed by atoms with Gasteiger partial charge in [-0.3, -0.25) is 4.57 Å². The van der Waals surface area contributed by atoms with Crippen LogP contribution in [0.4, 0.5) is 27.8 Å². The highest BCUT2D eigenvalue weighted by molar-refractivity contribution is 8.17. The number of methoxy groups -OCH3 is 1. The van der Waals surface area contributed by atoms with Gasteiger partial charge >= 0.3 is 11.9 Å². The van der Waals surface area contributed by atoms with Crippen LogP contribution in [-0.4, -0.2) is 54.7 Å². The van der Waals surface area contributed by atoms with Gasteiger partial charge < -0.3 is 15.0 Å².